The third-order valence-electron chi connectivity index (χ3n) is 5.08. The molecular weight excluding hydrogens is 380 g/mol. The van der Waals surface area contributed by atoms with E-state index >= 15 is 0 Å². The highest BCUT2D eigenvalue weighted by molar-refractivity contribution is 7.89. The monoisotopic (exact) mass is 410 g/mol. The summed E-state index contributed by atoms with van der Waals surface area (Å²) in [6.45, 7) is 4.56. The first-order valence-corrected chi connectivity index (χ1v) is 11.4. The van der Waals surface area contributed by atoms with Gasteiger partial charge in [0.05, 0.1) is 10.5 Å². The van der Waals surface area contributed by atoms with Crippen LogP contribution in [-0.2, 0) is 19.6 Å². The predicted molar refractivity (Wildman–Crippen MR) is 106 cm³/mol. The van der Waals surface area contributed by atoms with Gasteiger partial charge in [-0.05, 0) is 43.0 Å². The van der Waals surface area contributed by atoms with Crippen LogP contribution in [0.4, 0.5) is 0 Å². The number of ether oxygens (including phenoxy) is 1. The molecule has 7 nitrogen and oxygen atoms in total. The van der Waals surface area contributed by atoms with Gasteiger partial charge in [-0.3, -0.25) is 4.79 Å². The number of esters is 1. The van der Waals surface area contributed by atoms with Crippen molar-refractivity contribution in [3.05, 3.63) is 29.8 Å². The fourth-order valence-corrected chi connectivity index (χ4v) is 4.85. The maximum absolute atomic E-state index is 12.4. The average Bonchev–Trinajstić information content (AvgIpc) is 2.72. The Labute approximate surface area is 167 Å². The summed E-state index contributed by atoms with van der Waals surface area (Å²) in [4.78, 5) is 24.1. The minimum absolute atomic E-state index is 0.123. The molecule has 0 radical (unpaired) electrons. The van der Waals surface area contributed by atoms with E-state index in [1.807, 2.05) is 0 Å². The lowest BCUT2D eigenvalue weighted by atomic mass is 9.89. The van der Waals surface area contributed by atoms with Crippen LogP contribution in [0.2, 0.25) is 0 Å². The van der Waals surface area contributed by atoms with Gasteiger partial charge in [0.25, 0.3) is 5.91 Å². The quantitative estimate of drug-likeness (QED) is 0.632. The van der Waals surface area contributed by atoms with E-state index in [9.17, 15) is 18.0 Å². The van der Waals surface area contributed by atoms with E-state index in [-0.39, 0.29) is 23.0 Å². The molecule has 1 aromatic carbocycles. The van der Waals surface area contributed by atoms with E-state index < -0.39 is 16.0 Å². The van der Waals surface area contributed by atoms with Gasteiger partial charge in [0.15, 0.2) is 6.61 Å². The summed E-state index contributed by atoms with van der Waals surface area (Å²) < 4.78 is 31.3. The standard InChI is InChI=1S/C20H30N2O5S/c1-3-22(4-2)28(25,26)18-12-10-17(11-13-18)20(24)27-15-19(23)21-14-16-8-6-5-7-9-16/h10-13,16H,3-9,14-15H2,1-2H3,(H,21,23). The number of carbonyl (C=O) groups excluding carboxylic acids is 2. The summed E-state index contributed by atoms with van der Waals surface area (Å²) in [7, 11) is -3.57. The van der Waals surface area contributed by atoms with Gasteiger partial charge in [0.2, 0.25) is 10.0 Å². The maximum atomic E-state index is 12.4. The molecule has 2 rings (SSSR count). The van der Waals surface area contributed by atoms with Crippen molar-refractivity contribution in [3.63, 3.8) is 0 Å². The fraction of sp³-hybridized carbons (Fsp3) is 0.600. The van der Waals surface area contributed by atoms with Crippen LogP contribution in [0.15, 0.2) is 29.2 Å². The van der Waals surface area contributed by atoms with Gasteiger partial charge in [0.1, 0.15) is 0 Å². The van der Waals surface area contributed by atoms with E-state index in [1.54, 1.807) is 13.8 Å². The highest BCUT2D eigenvalue weighted by Crippen LogP contribution is 2.22. The molecule has 0 saturated heterocycles. The summed E-state index contributed by atoms with van der Waals surface area (Å²) >= 11 is 0. The number of sulfonamides is 1. The summed E-state index contributed by atoms with van der Waals surface area (Å²) in [6.07, 6.45) is 5.92. The van der Waals surface area contributed by atoms with Gasteiger partial charge in [-0.1, -0.05) is 33.1 Å². The molecule has 1 saturated carbocycles. The second kappa shape index (κ2) is 10.6. The normalized spacial score (nSPS) is 15.4. The van der Waals surface area contributed by atoms with Crippen molar-refractivity contribution in [2.75, 3.05) is 26.2 Å². The molecule has 0 bridgehead atoms. The summed E-state index contributed by atoms with van der Waals surface area (Å²) in [6, 6.07) is 5.57. The molecule has 0 aromatic heterocycles. The Morgan fingerprint density at radius 1 is 1.07 bits per heavy atom. The topological polar surface area (TPSA) is 92.8 Å². The van der Waals surface area contributed by atoms with Crippen LogP contribution in [0.5, 0.6) is 0 Å². The molecule has 1 aliphatic carbocycles. The lowest BCUT2D eigenvalue weighted by Crippen LogP contribution is -2.33. The molecule has 28 heavy (non-hydrogen) atoms. The number of hydrogen-bond acceptors (Lipinski definition) is 5. The Bertz CT molecular complexity index is 751. The zero-order chi connectivity index (χ0) is 20.6. The summed E-state index contributed by atoms with van der Waals surface area (Å²) in [5.41, 5.74) is 0.207. The molecule has 1 amide bonds. The van der Waals surface area contributed by atoms with Crippen LogP contribution in [0.25, 0.3) is 0 Å². The van der Waals surface area contributed by atoms with Crippen LogP contribution in [0.1, 0.15) is 56.3 Å². The van der Waals surface area contributed by atoms with Crippen molar-refractivity contribution in [2.24, 2.45) is 5.92 Å². The molecule has 0 atom stereocenters. The molecule has 1 aromatic rings. The van der Waals surface area contributed by atoms with E-state index in [2.05, 4.69) is 5.32 Å². The van der Waals surface area contributed by atoms with E-state index in [4.69, 9.17) is 4.74 Å². The van der Waals surface area contributed by atoms with Gasteiger partial charge < -0.3 is 10.1 Å². The lowest BCUT2D eigenvalue weighted by Gasteiger charge is -2.21. The largest absolute Gasteiger partial charge is 0.452 e. The Balaban J connectivity index is 1.84. The SMILES string of the molecule is CCN(CC)S(=O)(=O)c1ccc(C(=O)OCC(=O)NCC2CCCCC2)cc1. The third-order valence-corrected chi connectivity index (χ3v) is 7.14. The molecule has 8 heteroatoms. The smallest absolute Gasteiger partial charge is 0.338 e. The Morgan fingerprint density at radius 3 is 2.25 bits per heavy atom. The Hall–Kier alpha value is -1.93. The van der Waals surface area contributed by atoms with Gasteiger partial charge in [-0.25, -0.2) is 13.2 Å². The molecule has 1 aliphatic rings. The molecular formula is C20H30N2O5S. The molecule has 1 N–H and O–H groups in total. The highest BCUT2D eigenvalue weighted by atomic mass is 32.2. The number of amides is 1. The van der Waals surface area contributed by atoms with Crippen molar-refractivity contribution < 1.29 is 22.7 Å². The highest BCUT2D eigenvalue weighted by Gasteiger charge is 2.22. The average molecular weight is 411 g/mol. The van der Waals surface area contributed by atoms with Gasteiger partial charge in [-0.2, -0.15) is 4.31 Å². The number of carbonyl (C=O) groups is 2. The summed E-state index contributed by atoms with van der Waals surface area (Å²) in [5, 5.41) is 2.81. The molecule has 0 aliphatic heterocycles. The van der Waals surface area contributed by atoms with E-state index in [1.165, 1.54) is 47.8 Å². The van der Waals surface area contributed by atoms with Crippen molar-refractivity contribution in [2.45, 2.75) is 50.8 Å². The first-order valence-electron chi connectivity index (χ1n) is 9.92. The zero-order valence-corrected chi connectivity index (χ0v) is 17.5. The van der Waals surface area contributed by atoms with Crippen molar-refractivity contribution in [1.29, 1.82) is 0 Å². The van der Waals surface area contributed by atoms with Crippen molar-refractivity contribution in [3.8, 4) is 0 Å². The molecule has 156 valence electrons. The van der Waals surface area contributed by atoms with Crippen LogP contribution in [0.3, 0.4) is 0 Å². The maximum Gasteiger partial charge on any atom is 0.338 e. The first-order chi connectivity index (χ1) is 13.4. The molecule has 0 spiro atoms. The minimum atomic E-state index is -3.57. The van der Waals surface area contributed by atoms with Crippen LogP contribution in [-0.4, -0.2) is 50.8 Å². The molecule has 1 fully saturated rings. The third kappa shape index (κ3) is 6.04. The number of hydrogen-bond donors (Lipinski definition) is 1. The summed E-state index contributed by atoms with van der Waals surface area (Å²) in [5.74, 6) is -0.465. The molecule has 0 heterocycles. The van der Waals surface area contributed by atoms with Crippen LogP contribution in [0, 0.1) is 5.92 Å². The Kier molecular flexibility index (Phi) is 8.44. The van der Waals surface area contributed by atoms with Gasteiger partial charge in [-0.15, -0.1) is 0 Å². The zero-order valence-electron chi connectivity index (χ0n) is 16.6. The number of nitrogens with one attached hydrogen (secondary N) is 1. The second-order valence-corrected chi connectivity index (χ2v) is 8.94. The van der Waals surface area contributed by atoms with E-state index in [0.29, 0.717) is 25.6 Å². The fourth-order valence-electron chi connectivity index (χ4n) is 3.39. The van der Waals surface area contributed by atoms with Gasteiger partial charge in [0, 0.05) is 19.6 Å². The molecule has 0 unspecified atom stereocenters. The minimum Gasteiger partial charge on any atom is -0.452 e. The van der Waals surface area contributed by atoms with E-state index in [0.717, 1.165) is 12.8 Å². The van der Waals surface area contributed by atoms with Crippen molar-refractivity contribution in [1.82, 2.24) is 9.62 Å². The number of rotatable bonds is 9. The predicted octanol–water partition coefficient (Wildman–Crippen LogP) is 2.57. The number of benzene rings is 1. The first kappa shape index (κ1) is 22.4. The Morgan fingerprint density at radius 2 is 1.68 bits per heavy atom. The van der Waals surface area contributed by atoms with Crippen molar-refractivity contribution >= 4 is 21.9 Å². The lowest BCUT2D eigenvalue weighted by molar-refractivity contribution is -0.124. The second-order valence-electron chi connectivity index (χ2n) is 7.00. The van der Waals surface area contributed by atoms with Crippen LogP contribution < -0.4 is 5.32 Å². The van der Waals surface area contributed by atoms with Crippen LogP contribution >= 0.6 is 0 Å². The van der Waals surface area contributed by atoms with Gasteiger partial charge >= 0.3 is 5.97 Å². The number of nitrogens with zero attached hydrogens (tertiary/aromatic N) is 1.